The molecule has 0 aliphatic rings. The van der Waals surface area contributed by atoms with Crippen molar-refractivity contribution in [2.45, 2.75) is 10.6 Å². The summed E-state index contributed by atoms with van der Waals surface area (Å²) in [5.74, 6) is -0.171. The van der Waals surface area contributed by atoms with Gasteiger partial charge >= 0.3 is 0 Å². The maximum absolute atomic E-state index is 13.0. The largest absolute Gasteiger partial charge is 0.332 e. The van der Waals surface area contributed by atoms with Gasteiger partial charge in [0.2, 0.25) is 5.91 Å². The molecular weight excluding hydrogens is 387 g/mol. The van der Waals surface area contributed by atoms with Crippen molar-refractivity contribution < 1.29 is 14.0 Å². The van der Waals surface area contributed by atoms with Crippen molar-refractivity contribution in [2.24, 2.45) is 0 Å². The van der Waals surface area contributed by atoms with Crippen LogP contribution in [-0.4, -0.2) is 30.3 Å². The molecule has 0 radical (unpaired) electrons. The maximum atomic E-state index is 13.0. The molecule has 0 fully saturated rings. The molecule has 3 aromatic rings. The molecule has 3 rings (SSSR count). The highest BCUT2D eigenvalue weighted by Crippen LogP contribution is 2.24. The fourth-order valence-corrected chi connectivity index (χ4v) is 3.53. The minimum atomic E-state index is -0.410. The molecule has 3 aromatic carbocycles. The topological polar surface area (TPSA) is 49.4 Å². The highest BCUT2D eigenvalue weighted by Gasteiger charge is 2.15. The summed E-state index contributed by atoms with van der Waals surface area (Å²) in [6.07, 6.45) is 0. The Morgan fingerprint density at radius 3 is 2.24 bits per heavy atom. The summed E-state index contributed by atoms with van der Waals surface area (Å²) >= 11 is 1.72. The van der Waals surface area contributed by atoms with Crippen molar-refractivity contribution in [2.75, 3.05) is 18.9 Å². The number of nitrogens with zero attached hydrogens (tertiary/aromatic N) is 1. The molecule has 0 aliphatic heterocycles. The fraction of sp³-hybridized carbons (Fsp3) is 0.130. The first kappa shape index (κ1) is 20.6. The molecule has 0 heterocycles. The first-order valence-electron chi connectivity index (χ1n) is 9.09. The van der Waals surface area contributed by atoms with E-state index in [9.17, 15) is 14.0 Å². The standard InChI is InChI=1S/C23H21FN2O2S/c1-26(23(28)18-7-9-19(24)10-8-18)15-22(27)25-20-11-13-21(14-12-20)29-16-17-5-3-2-4-6-17/h2-14H,15-16H2,1H3,(H,25,27). The van der Waals surface area contributed by atoms with Crippen LogP contribution in [0.5, 0.6) is 0 Å². The van der Waals surface area contributed by atoms with E-state index in [-0.39, 0.29) is 18.4 Å². The smallest absolute Gasteiger partial charge is 0.254 e. The number of benzene rings is 3. The number of thioether (sulfide) groups is 1. The summed E-state index contributed by atoms with van der Waals surface area (Å²) in [7, 11) is 1.54. The minimum absolute atomic E-state index is 0.0965. The second-order valence-electron chi connectivity index (χ2n) is 6.51. The van der Waals surface area contributed by atoms with Crippen LogP contribution >= 0.6 is 11.8 Å². The highest BCUT2D eigenvalue weighted by atomic mass is 32.2. The molecular formula is C23H21FN2O2S. The van der Waals surface area contributed by atoms with Crippen molar-refractivity contribution in [3.63, 3.8) is 0 Å². The van der Waals surface area contributed by atoms with Gasteiger partial charge in [-0.05, 0) is 54.1 Å². The van der Waals surface area contributed by atoms with E-state index in [0.717, 1.165) is 10.6 Å². The van der Waals surface area contributed by atoms with E-state index in [1.165, 1.54) is 41.8 Å². The van der Waals surface area contributed by atoms with Crippen LogP contribution in [0.2, 0.25) is 0 Å². The molecule has 4 nitrogen and oxygen atoms in total. The maximum Gasteiger partial charge on any atom is 0.254 e. The Morgan fingerprint density at radius 2 is 1.59 bits per heavy atom. The number of amides is 2. The van der Waals surface area contributed by atoms with E-state index in [0.29, 0.717) is 11.3 Å². The van der Waals surface area contributed by atoms with Gasteiger partial charge in [0.15, 0.2) is 0 Å². The molecule has 148 valence electrons. The van der Waals surface area contributed by atoms with Crippen molar-refractivity contribution in [1.29, 1.82) is 0 Å². The zero-order chi connectivity index (χ0) is 20.6. The number of carbonyl (C=O) groups is 2. The van der Waals surface area contributed by atoms with Gasteiger partial charge in [0, 0.05) is 28.9 Å². The van der Waals surface area contributed by atoms with Crippen molar-refractivity contribution >= 4 is 29.3 Å². The average molecular weight is 408 g/mol. The summed E-state index contributed by atoms with van der Waals surface area (Å²) in [6, 6.07) is 23.0. The van der Waals surface area contributed by atoms with Gasteiger partial charge in [-0.2, -0.15) is 0 Å². The van der Waals surface area contributed by atoms with Crippen LogP contribution < -0.4 is 5.32 Å². The van der Waals surface area contributed by atoms with Gasteiger partial charge < -0.3 is 10.2 Å². The van der Waals surface area contributed by atoms with Crippen molar-refractivity contribution in [3.05, 3.63) is 95.8 Å². The first-order chi connectivity index (χ1) is 14.0. The van der Waals surface area contributed by atoms with E-state index in [2.05, 4.69) is 17.4 Å². The molecule has 0 atom stereocenters. The molecule has 0 spiro atoms. The van der Waals surface area contributed by atoms with Gasteiger partial charge in [0.25, 0.3) is 5.91 Å². The number of likely N-dealkylation sites (N-methyl/N-ethyl adjacent to an activating group) is 1. The van der Waals surface area contributed by atoms with Crippen molar-refractivity contribution in [3.8, 4) is 0 Å². The number of rotatable bonds is 7. The van der Waals surface area contributed by atoms with Gasteiger partial charge in [0.05, 0.1) is 6.54 Å². The van der Waals surface area contributed by atoms with Crippen LogP contribution in [0.1, 0.15) is 15.9 Å². The SMILES string of the molecule is CN(CC(=O)Nc1ccc(SCc2ccccc2)cc1)C(=O)c1ccc(F)cc1. The van der Waals surface area contributed by atoms with Crippen LogP contribution in [-0.2, 0) is 10.5 Å². The minimum Gasteiger partial charge on any atom is -0.332 e. The van der Waals surface area contributed by atoms with E-state index in [1.54, 1.807) is 11.8 Å². The molecule has 1 N–H and O–H groups in total. The number of nitrogens with one attached hydrogen (secondary N) is 1. The quantitative estimate of drug-likeness (QED) is 0.570. The van der Waals surface area contributed by atoms with Crippen LogP contribution in [0.3, 0.4) is 0 Å². The molecule has 6 heteroatoms. The average Bonchev–Trinajstić information content (AvgIpc) is 2.74. The predicted octanol–water partition coefficient (Wildman–Crippen LogP) is 4.83. The monoisotopic (exact) mass is 408 g/mol. The summed E-state index contributed by atoms with van der Waals surface area (Å²) in [5, 5.41) is 2.79. The Morgan fingerprint density at radius 1 is 0.931 bits per heavy atom. The summed E-state index contributed by atoms with van der Waals surface area (Å²) < 4.78 is 13.0. The normalized spacial score (nSPS) is 10.4. The Kier molecular flexibility index (Phi) is 7.03. The lowest BCUT2D eigenvalue weighted by molar-refractivity contribution is -0.116. The van der Waals surface area contributed by atoms with Gasteiger partial charge in [-0.1, -0.05) is 30.3 Å². The zero-order valence-electron chi connectivity index (χ0n) is 16.0. The molecule has 0 aromatic heterocycles. The summed E-state index contributed by atoms with van der Waals surface area (Å²) in [5.41, 5.74) is 2.26. The van der Waals surface area contributed by atoms with Crippen LogP contribution in [0, 0.1) is 5.82 Å². The number of halogens is 1. The third-order valence-electron chi connectivity index (χ3n) is 4.21. The molecule has 0 saturated heterocycles. The van der Waals surface area contributed by atoms with E-state index in [1.807, 2.05) is 42.5 Å². The number of anilines is 1. The van der Waals surface area contributed by atoms with E-state index >= 15 is 0 Å². The molecule has 0 saturated carbocycles. The third kappa shape index (κ3) is 6.19. The molecule has 29 heavy (non-hydrogen) atoms. The number of hydrogen-bond donors (Lipinski definition) is 1. The fourth-order valence-electron chi connectivity index (χ4n) is 2.68. The Bertz CT molecular complexity index is 960. The predicted molar refractivity (Wildman–Crippen MR) is 114 cm³/mol. The Hall–Kier alpha value is -3.12. The van der Waals surface area contributed by atoms with Crippen LogP contribution in [0.15, 0.2) is 83.8 Å². The Balaban J connectivity index is 1.49. The van der Waals surface area contributed by atoms with Crippen molar-refractivity contribution in [1.82, 2.24) is 4.90 Å². The summed E-state index contributed by atoms with van der Waals surface area (Å²) in [6.45, 7) is -0.0965. The molecule has 0 bridgehead atoms. The number of hydrogen-bond acceptors (Lipinski definition) is 3. The van der Waals surface area contributed by atoms with Gasteiger partial charge in [-0.15, -0.1) is 11.8 Å². The highest BCUT2D eigenvalue weighted by molar-refractivity contribution is 7.98. The third-order valence-corrected chi connectivity index (χ3v) is 5.29. The van der Waals surface area contributed by atoms with Gasteiger partial charge in [-0.25, -0.2) is 4.39 Å². The summed E-state index contributed by atoms with van der Waals surface area (Å²) in [4.78, 5) is 26.9. The zero-order valence-corrected chi connectivity index (χ0v) is 16.8. The first-order valence-corrected chi connectivity index (χ1v) is 10.1. The lowest BCUT2D eigenvalue weighted by Gasteiger charge is -2.17. The van der Waals surface area contributed by atoms with E-state index < -0.39 is 5.82 Å². The lowest BCUT2D eigenvalue weighted by Crippen LogP contribution is -2.34. The van der Waals surface area contributed by atoms with Crippen LogP contribution in [0.4, 0.5) is 10.1 Å². The second-order valence-corrected chi connectivity index (χ2v) is 7.56. The second kappa shape index (κ2) is 9.89. The number of carbonyl (C=O) groups excluding carboxylic acids is 2. The molecule has 0 unspecified atom stereocenters. The van der Waals surface area contributed by atoms with E-state index in [4.69, 9.17) is 0 Å². The molecule has 2 amide bonds. The lowest BCUT2D eigenvalue weighted by atomic mass is 10.2. The Labute approximate surface area is 173 Å². The van der Waals surface area contributed by atoms with Gasteiger partial charge in [-0.3, -0.25) is 9.59 Å². The van der Waals surface area contributed by atoms with Gasteiger partial charge in [0.1, 0.15) is 5.82 Å². The molecule has 0 aliphatic carbocycles. The van der Waals surface area contributed by atoms with Crippen LogP contribution in [0.25, 0.3) is 0 Å².